The Bertz CT molecular complexity index is 4300. The van der Waals surface area contributed by atoms with E-state index in [-0.39, 0.29) is 40.2 Å². The summed E-state index contributed by atoms with van der Waals surface area (Å²) in [6.45, 7) is 0. The van der Waals surface area contributed by atoms with Crippen molar-refractivity contribution in [1.29, 1.82) is 0 Å². The summed E-state index contributed by atoms with van der Waals surface area (Å²) in [4.78, 5) is 14.7. The Morgan fingerprint density at radius 1 is 0.260 bits per heavy atom. The first-order valence-corrected chi connectivity index (χ1v) is 24.8. The molecule has 0 fully saturated rings. The summed E-state index contributed by atoms with van der Waals surface area (Å²) < 4.78 is 95.9. The Labute approximate surface area is 435 Å². The molecule has 4 heterocycles. The largest absolute Gasteiger partial charge is 0.416 e. The van der Waals surface area contributed by atoms with E-state index in [2.05, 4.69) is 94.1 Å². The maximum atomic E-state index is 14.9. The normalized spacial score (nSPS) is 12.3. The highest BCUT2D eigenvalue weighted by molar-refractivity contribution is 6.14. The predicted molar refractivity (Wildman–Crippen MR) is 295 cm³/mol. The Balaban J connectivity index is 1.09. The van der Waals surface area contributed by atoms with Gasteiger partial charge >= 0.3 is 12.4 Å². The number of benzene rings is 10. The lowest BCUT2D eigenvalue weighted by Gasteiger charge is -2.18. The van der Waals surface area contributed by atoms with E-state index in [9.17, 15) is 26.3 Å². The topological polar surface area (TPSA) is 53.5 Å². The first-order valence-electron chi connectivity index (χ1n) is 24.8. The van der Waals surface area contributed by atoms with Gasteiger partial charge in [0.05, 0.1) is 44.2 Å². The minimum atomic E-state index is -5.12. The van der Waals surface area contributed by atoms with Crippen molar-refractivity contribution >= 4 is 65.4 Å². The molecule has 4 aromatic heterocycles. The average Bonchev–Trinajstić information content (AvgIpc) is 4.29. The fourth-order valence-electron chi connectivity index (χ4n) is 11.1. The first-order chi connectivity index (χ1) is 37.4. The third-order valence-corrected chi connectivity index (χ3v) is 14.5. The molecule has 370 valence electrons. The zero-order chi connectivity index (χ0) is 52.2. The van der Waals surface area contributed by atoms with Crippen LogP contribution in [0.1, 0.15) is 11.1 Å². The molecule has 0 aliphatic heterocycles. The predicted octanol–water partition coefficient (Wildman–Crippen LogP) is 17.9. The minimum absolute atomic E-state index is 0.0374. The van der Waals surface area contributed by atoms with Gasteiger partial charge in [0.25, 0.3) is 0 Å². The first kappa shape index (κ1) is 45.8. The zero-order valence-corrected chi connectivity index (χ0v) is 40.4. The molecule has 0 radical (unpaired) electrons. The number of fused-ring (bicyclic) bond motifs is 9. The molecule has 0 spiro atoms. The second-order valence-corrected chi connectivity index (χ2v) is 19.0. The molecule has 12 heteroatoms. The maximum absolute atomic E-state index is 14.9. The van der Waals surface area contributed by atoms with Crippen LogP contribution in [0, 0.1) is 0 Å². The van der Waals surface area contributed by atoms with E-state index in [1.165, 1.54) is 0 Å². The Kier molecular flexibility index (Phi) is 10.3. The summed E-state index contributed by atoms with van der Waals surface area (Å²) >= 11 is 0. The molecule has 0 aliphatic carbocycles. The highest BCUT2D eigenvalue weighted by atomic mass is 19.4. The summed E-state index contributed by atoms with van der Waals surface area (Å²) in [5, 5.41) is 6.04. The van der Waals surface area contributed by atoms with Crippen LogP contribution in [-0.4, -0.2) is 28.7 Å². The molecule has 0 saturated heterocycles. The summed E-state index contributed by atoms with van der Waals surface area (Å²) in [6.07, 6.45) is -10.2. The number of alkyl halides is 6. The second kappa shape index (κ2) is 17.4. The van der Waals surface area contributed by atoms with Crippen LogP contribution in [0.15, 0.2) is 231 Å². The van der Waals surface area contributed by atoms with E-state index in [1.807, 2.05) is 120 Å². The van der Waals surface area contributed by atoms with Gasteiger partial charge in [0.1, 0.15) is 0 Å². The smallest absolute Gasteiger partial charge is 0.309 e. The standard InChI is InChI=1S/C65H38F6N6/c66-64(67,68)42-33-41(34-43(35-42)65(69,70)71)54-36-44(29-32-53(54)63-73-61(39-15-3-1-4-16-39)72-62(74-63)40-17-5-2-6-18-40)77-59-37-45(75-55-23-11-7-19-47(55)48-20-8-12-24-56(48)75)27-30-51(59)52-31-28-46(38-60(52)77)76-57-25-13-9-21-49(57)50-22-10-14-26-58(50)76/h1-38H. The number of rotatable bonds is 7. The highest BCUT2D eigenvalue weighted by Crippen LogP contribution is 2.44. The molecule has 0 atom stereocenters. The molecule has 0 amide bonds. The molecule has 0 N–H and O–H groups in total. The quantitative estimate of drug-likeness (QED) is 0.150. The monoisotopic (exact) mass is 1020 g/mol. The van der Waals surface area contributed by atoms with E-state index in [0.29, 0.717) is 16.8 Å². The maximum Gasteiger partial charge on any atom is 0.416 e. The lowest BCUT2D eigenvalue weighted by atomic mass is 9.94. The molecule has 6 nitrogen and oxygen atoms in total. The van der Waals surface area contributed by atoms with Crippen molar-refractivity contribution in [3.63, 3.8) is 0 Å². The number of para-hydroxylation sites is 4. The molecular weight excluding hydrogens is 979 g/mol. The number of hydrogen-bond acceptors (Lipinski definition) is 3. The van der Waals surface area contributed by atoms with Crippen molar-refractivity contribution in [2.24, 2.45) is 0 Å². The summed E-state index contributed by atoms with van der Waals surface area (Å²) in [5.74, 6) is 0.582. The zero-order valence-electron chi connectivity index (χ0n) is 40.4. The van der Waals surface area contributed by atoms with Crippen LogP contribution < -0.4 is 0 Å². The van der Waals surface area contributed by atoms with E-state index in [0.717, 1.165) is 88.9 Å². The van der Waals surface area contributed by atoms with E-state index < -0.39 is 23.5 Å². The number of hydrogen-bond donors (Lipinski definition) is 0. The molecule has 0 bridgehead atoms. The van der Waals surface area contributed by atoms with Gasteiger partial charge in [-0.2, -0.15) is 26.3 Å². The lowest BCUT2D eigenvalue weighted by Crippen LogP contribution is -2.11. The molecule has 14 aromatic rings. The van der Waals surface area contributed by atoms with Crippen molar-refractivity contribution in [3.8, 4) is 62.4 Å². The molecule has 0 saturated carbocycles. The number of halogens is 6. The van der Waals surface area contributed by atoms with Gasteiger partial charge in [-0.1, -0.05) is 146 Å². The van der Waals surface area contributed by atoms with Gasteiger partial charge in [-0.05, 0) is 96.1 Å². The third-order valence-electron chi connectivity index (χ3n) is 14.5. The Morgan fingerprint density at radius 3 is 1.01 bits per heavy atom. The van der Waals surface area contributed by atoms with E-state index in [4.69, 9.17) is 15.0 Å². The molecule has 77 heavy (non-hydrogen) atoms. The van der Waals surface area contributed by atoms with Gasteiger partial charge in [-0.3, -0.25) is 0 Å². The van der Waals surface area contributed by atoms with Crippen LogP contribution in [0.4, 0.5) is 26.3 Å². The van der Waals surface area contributed by atoms with Crippen molar-refractivity contribution in [1.82, 2.24) is 28.7 Å². The molecule has 0 aliphatic rings. The van der Waals surface area contributed by atoms with Crippen LogP contribution in [0.2, 0.25) is 0 Å². The molecule has 0 unspecified atom stereocenters. The minimum Gasteiger partial charge on any atom is -0.309 e. The SMILES string of the molecule is FC(F)(F)c1cc(-c2cc(-n3c4cc(-n5c6ccccc6c6ccccc65)ccc4c4ccc(-n5c6ccccc6c6ccccc65)cc43)ccc2-c2nc(-c3ccccc3)nc(-c3ccccc3)n2)cc(C(F)(F)F)c1. The van der Waals surface area contributed by atoms with Crippen LogP contribution >= 0.6 is 0 Å². The fourth-order valence-corrected chi connectivity index (χ4v) is 11.1. The average molecular weight is 1020 g/mol. The van der Waals surface area contributed by atoms with E-state index >= 15 is 0 Å². The van der Waals surface area contributed by atoms with Crippen molar-refractivity contribution in [2.45, 2.75) is 12.4 Å². The summed E-state index contributed by atoms with van der Waals surface area (Å²) in [7, 11) is 0. The molecule has 14 rings (SSSR count). The molecule has 10 aromatic carbocycles. The number of aromatic nitrogens is 6. The van der Waals surface area contributed by atoms with Gasteiger partial charge in [-0.25, -0.2) is 15.0 Å². The van der Waals surface area contributed by atoms with Gasteiger partial charge < -0.3 is 13.7 Å². The third kappa shape index (κ3) is 7.62. The summed E-state index contributed by atoms with van der Waals surface area (Å²) in [5.41, 5.74) is 5.87. The highest BCUT2D eigenvalue weighted by Gasteiger charge is 2.37. The van der Waals surface area contributed by atoms with Crippen molar-refractivity contribution in [2.75, 3.05) is 0 Å². The van der Waals surface area contributed by atoms with Crippen LogP contribution in [-0.2, 0) is 12.4 Å². The van der Waals surface area contributed by atoms with Gasteiger partial charge in [0.15, 0.2) is 17.5 Å². The van der Waals surface area contributed by atoms with Crippen LogP contribution in [0.5, 0.6) is 0 Å². The second-order valence-electron chi connectivity index (χ2n) is 19.0. The van der Waals surface area contributed by atoms with Crippen LogP contribution in [0.3, 0.4) is 0 Å². The van der Waals surface area contributed by atoms with Gasteiger partial charge in [0, 0.05) is 66.1 Å². The van der Waals surface area contributed by atoms with Gasteiger partial charge in [-0.15, -0.1) is 0 Å². The van der Waals surface area contributed by atoms with Gasteiger partial charge in [0.2, 0.25) is 0 Å². The molecular formula is C65H38F6N6. The number of nitrogens with zero attached hydrogens (tertiary/aromatic N) is 6. The Morgan fingerprint density at radius 2 is 0.597 bits per heavy atom. The van der Waals surface area contributed by atoms with Crippen LogP contribution in [0.25, 0.3) is 128 Å². The van der Waals surface area contributed by atoms with Crippen molar-refractivity contribution < 1.29 is 26.3 Å². The lowest BCUT2D eigenvalue weighted by molar-refractivity contribution is -0.143. The Hall–Kier alpha value is -9.81. The van der Waals surface area contributed by atoms with E-state index in [1.54, 1.807) is 12.1 Å². The summed E-state index contributed by atoms with van der Waals surface area (Å²) in [6, 6.07) is 70.4. The van der Waals surface area contributed by atoms with Crippen molar-refractivity contribution in [3.05, 3.63) is 242 Å². The fraction of sp³-hybridized carbons (Fsp3) is 0.0308.